The predicted molar refractivity (Wildman–Crippen MR) is 57.9 cm³/mol. The van der Waals surface area contributed by atoms with E-state index in [0.29, 0.717) is 11.6 Å². The molecule has 0 atom stereocenters. The van der Waals surface area contributed by atoms with Crippen LogP contribution in [0.1, 0.15) is 11.4 Å². The lowest BCUT2D eigenvalue weighted by atomic mass is 10.2. The van der Waals surface area contributed by atoms with Crippen molar-refractivity contribution < 1.29 is 4.52 Å². The highest BCUT2D eigenvalue weighted by molar-refractivity contribution is 7.98. The summed E-state index contributed by atoms with van der Waals surface area (Å²) in [6.07, 6.45) is 0. The molecule has 4 nitrogen and oxygen atoms in total. The van der Waals surface area contributed by atoms with Crippen LogP contribution in [0.3, 0.4) is 0 Å². The lowest BCUT2D eigenvalue weighted by Crippen LogP contribution is -1.96. The fourth-order valence-electron chi connectivity index (χ4n) is 1.19. The molecule has 0 aliphatic rings. The Morgan fingerprint density at radius 1 is 1.47 bits per heavy atom. The quantitative estimate of drug-likeness (QED) is 0.806. The minimum atomic E-state index is -0.504. The zero-order valence-corrected chi connectivity index (χ0v) is 9.00. The molecule has 0 spiro atoms. The molecule has 15 heavy (non-hydrogen) atoms. The second kappa shape index (κ2) is 4.35. The first kappa shape index (κ1) is 10.0. The SMILES string of the molecule is Cc1ccccc1SCc1noc(=O)[nH]1. The molecule has 5 heteroatoms. The average Bonchev–Trinajstić information content (AvgIpc) is 2.63. The Hall–Kier alpha value is -1.49. The second-order valence-corrected chi connectivity index (χ2v) is 4.11. The van der Waals surface area contributed by atoms with Gasteiger partial charge >= 0.3 is 5.76 Å². The Kier molecular flexibility index (Phi) is 2.91. The highest BCUT2D eigenvalue weighted by atomic mass is 32.2. The number of thioether (sulfide) groups is 1. The van der Waals surface area contributed by atoms with E-state index in [1.165, 1.54) is 10.5 Å². The standard InChI is InChI=1S/C10H10N2O2S/c1-7-4-2-3-5-8(7)15-6-9-11-10(13)14-12-9/h2-5H,6H2,1H3,(H,11,12,13). The van der Waals surface area contributed by atoms with Crippen LogP contribution in [0.15, 0.2) is 38.5 Å². The number of aromatic amines is 1. The van der Waals surface area contributed by atoms with Crippen molar-refractivity contribution in [2.24, 2.45) is 0 Å². The van der Waals surface area contributed by atoms with Gasteiger partial charge in [0.1, 0.15) is 0 Å². The number of aryl methyl sites for hydroxylation is 1. The number of nitrogens with one attached hydrogen (secondary N) is 1. The zero-order chi connectivity index (χ0) is 10.7. The van der Waals surface area contributed by atoms with E-state index in [-0.39, 0.29) is 0 Å². The highest BCUT2D eigenvalue weighted by Gasteiger charge is 2.02. The van der Waals surface area contributed by atoms with Crippen molar-refractivity contribution in [2.75, 3.05) is 0 Å². The predicted octanol–water partition coefficient (Wildman–Crippen LogP) is 1.96. The third-order valence-corrected chi connectivity index (χ3v) is 3.13. The van der Waals surface area contributed by atoms with Crippen molar-refractivity contribution in [3.05, 3.63) is 46.2 Å². The molecule has 0 saturated heterocycles. The van der Waals surface area contributed by atoms with Crippen molar-refractivity contribution >= 4 is 11.8 Å². The third-order valence-electron chi connectivity index (χ3n) is 1.94. The van der Waals surface area contributed by atoms with Crippen LogP contribution in [-0.4, -0.2) is 10.1 Å². The van der Waals surface area contributed by atoms with E-state index in [1.54, 1.807) is 11.8 Å². The smallest absolute Gasteiger partial charge is 0.296 e. The molecular weight excluding hydrogens is 212 g/mol. The molecule has 0 amide bonds. The van der Waals surface area contributed by atoms with Crippen LogP contribution in [0.2, 0.25) is 0 Å². The first-order valence-electron chi connectivity index (χ1n) is 4.49. The van der Waals surface area contributed by atoms with Crippen LogP contribution in [-0.2, 0) is 5.75 Å². The topological polar surface area (TPSA) is 58.9 Å². The van der Waals surface area contributed by atoms with E-state index >= 15 is 0 Å². The Morgan fingerprint density at radius 2 is 2.27 bits per heavy atom. The largest absolute Gasteiger partial charge is 0.438 e. The molecule has 0 fully saturated rings. The van der Waals surface area contributed by atoms with Gasteiger partial charge in [-0.1, -0.05) is 23.4 Å². The number of benzene rings is 1. The minimum Gasteiger partial charge on any atom is -0.296 e. The Bertz CT molecular complexity index is 504. The van der Waals surface area contributed by atoms with Gasteiger partial charge in [-0.2, -0.15) is 0 Å². The third kappa shape index (κ3) is 2.50. The van der Waals surface area contributed by atoms with Crippen molar-refractivity contribution in [3.8, 4) is 0 Å². The average molecular weight is 222 g/mol. The molecule has 0 saturated carbocycles. The monoisotopic (exact) mass is 222 g/mol. The molecule has 0 aliphatic heterocycles. The van der Waals surface area contributed by atoms with E-state index in [2.05, 4.69) is 14.7 Å². The summed E-state index contributed by atoms with van der Waals surface area (Å²) in [5, 5.41) is 3.60. The summed E-state index contributed by atoms with van der Waals surface area (Å²) < 4.78 is 4.41. The summed E-state index contributed by atoms with van der Waals surface area (Å²) in [5.74, 6) is 0.667. The first-order valence-corrected chi connectivity index (χ1v) is 5.47. The van der Waals surface area contributed by atoms with Crippen molar-refractivity contribution in [3.63, 3.8) is 0 Å². The van der Waals surface area contributed by atoms with Crippen LogP contribution in [0, 0.1) is 6.92 Å². The van der Waals surface area contributed by atoms with Gasteiger partial charge in [0.2, 0.25) is 0 Å². The molecule has 78 valence electrons. The van der Waals surface area contributed by atoms with E-state index in [9.17, 15) is 4.79 Å². The lowest BCUT2D eigenvalue weighted by molar-refractivity contribution is 0.383. The van der Waals surface area contributed by atoms with Crippen molar-refractivity contribution in [1.29, 1.82) is 0 Å². The Labute approximate surface area is 90.7 Å². The van der Waals surface area contributed by atoms with Gasteiger partial charge in [0.05, 0.1) is 5.75 Å². The maximum Gasteiger partial charge on any atom is 0.438 e. The molecule has 2 aromatic rings. The molecule has 1 N–H and O–H groups in total. The van der Waals surface area contributed by atoms with Gasteiger partial charge in [0.15, 0.2) is 5.82 Å². The van der Waals surface area contributed by atoms with Gasteiger partial charge in [-0.25, -0.2) is 4.79 Å². The molecule has 0 aliphatic carbocycles. The van der Waals surface area contributed by atoms with Gasteiger partial charge in [0.25, 0.3) is 0 Å². The van der Waals surface area contributed by atoms with Crippen molar-refractivity contribution in [2.45, 2.75) is 17.6 Å². The summed E-state index contributed by atoms with van der Waals surface area (Å²) >= 11 is 1.62. The molecule has 0 unspecified atom stereocenters. The van der Waals surface area contributed by atoms with Crippen LogP contribution in [0.25, 0.3) is 0 Å². The van der Waals surface area contributed by atoms with Crippen LogP contribution >= 0.6 is 11.8 Å². The second-order valence-electron chi connectivity index (χ2n) is 3.10. The summed E-state index contributed by atoms with van der Waals surface area (Å²) in [6.45, 7) is 2.05. The molecule has 2 rings (SSSR count). The van der Waals surface area contributed by atoms with E-state index < -0.39 is 5.76 Å². The van der Waals surface area contributed by atoms with Crippen LogP contribution in [0.4, 0.5) is 0 Å². The van der Waals surface area contributed by atoms with Gasteiger partial charge < -0.3 is 0 Å². The summed E-state index contributed by atoms with van der Waals surface area (Å²) in [5.41, 5.74) is 1.22. The number of aromatic nitrogens is 2. The highest BCUT2D eigenvalue weighted by Crippen LogP contribution is 2.23. The maximum absolute atomic E-state index is 10.7. The van der Waals surface area contributed by atoms with Gasteiger partial charge in [0, 0.05) is 4.90 Å². The number of nitrogens with zero attached hydrogens (tertiary/aromatic N) is 1. The summed E-state index contributed by atoms with van der Waals surface area (Å²) in [6, 6.07) is 8.07. The van der Waals surface area contributed by atoms with Crippen molar-refractivity contribution in [1.82, 2.24) is 10.1 Å². The first-order chi connectivity index (χ1) is 7.25. The number of H-pyrrole nitrogens is 1. The molecular formula is C10H10N2O2S. The number of rotatable bonds is 3. The fourth-order valence-corrected chi connectivity index (χ4v) is 2.07. The van der Waals surface area contributed by atoms with Crippen LogP contribution < -0.4 is 5.76 Å². The molecule has 0 radical (unpaired) electrons. The normalized spacial score (nSPS) is 10.5. The summed E-state index contributed by atoms with van der Waals surface area (Å²) in [7, 11) is 0. The van der Waals surface area contributed by atoms with Gasteiger partial charge in [-0.3, -0.25) is 9.51 Å². The molecule has 0 bridgehead atoms. The van der Waals surface area contributed by atoms with E-state index in [4.69, 9.17) is 0 Å². The van der Waals surface area contributed by atoms with Gasteiger partial charge in [-0.05, 0) is 18.6 Å². The van der Waals surface area contributed by atoms with E-state index in [1.807, 2.05) is 31.2 Å². The lowest BCUT2D eigenvalue weighted by Gasteiger charge is -2.02. The Morgan fingerprint density at radius 3 is 2.93 bits per heavy atom. The van der Waals surface area contributed by atoms with E-state index in [0.717, 1.165) is 0 Å². The maximum atomic E-state index is 10.7. The molecule has 1 aromatic heterocycles. The summed E-state index contributed by atoms with van der Waals surface area (Å²) in [4.78, 5) is 14.4. The Balaban J connectivity index is 2.05. The number of hydrogen-bond acceptors (Lipinski definition) is 4. The minimum absolute atomic E-state index is 0.504. The van der Waals surface area contributed by atoms with Crippen LogP contribution in [0.5, 0.6) is 0 Å². The molecule has 1 heterocycles. The zero-order valence-electron chi connectivity index (χ0n) is 8.19. The molecule has 1 aromatic carbocycles. The van der Waals surface area contributed by atoms with Gasteiger partial charge in [-0.15, -0.1) is 11.8 Å². The fraction of sp³-hybridized carbons (Fsp3) is 0.200. The number of hydrogen-bond donors (Lipinski definition) is 1.